The average molecular weight is 218 g/mol. The molecule has 0 saturated carbocycles. The van der Waals surface area contributed by atoms with Crippen LogP contribution in [-0.4, -0.2) is 36.0 Å². The summed E-state index contributed by atoms with van der Waals surface area (Å²) in [5.74, 6) is -0.357. The van der Waals surface area contributed by atoms with E-state index in [0.29, 0.717) is 12.8 Å². The molecule has 4 heteroatoms. The van der Waals surface area contributed by atoms with E-state index in [2.05, 4.69) is 6.92 Å². The summed E-state index contributed by atoms with van der Waals surface area (Å²) in [5.41, 5.74) is 0. The first-order valence-corrected chi connectivity index (χ1v) is 5.52. The molecular formula is C11H22O4. The van der Waals surface area contributed by atoms with Gasteiger partial charge in [-0.2, -0.15) is 0 Å². The number of ether oxygens (including phenoxy) is 1. The molecule has 15 heavy (non-hydrogen) atoms. The summed E-state index contributed by atoms with van der Waals surface area (Å²) < 4.78 is 4.69. The molecule has 0 heterocycles. The zero-order chi connectivity index (χ0) is 11.7. The number of hydrogen-bond donors (Lipinski definition) is 2. The van der Waals surface area contributed by atoms with E-state index in [0.717, 1.165) is 19.3 Å². The summed E-state index contributed by atoms with van der Waals surface area (Å²) in [7, 11) is 1.38. The molecule has 0 rings (SSSR count). The second kappa shape index (κ2) is 8.68. The standard InChI is InChI=1S/C11H22O4/c1-3-4-5-9(11(14)15-2)6-7-10(13)8-12/h9-10,12-13H,3-8H2,1-2H3. The minimum absolute atomic E-state index is 0.142. The van der Waals surface area contributed by atoms with E-state index in [4.69, 9.17) is 9.84 Å². The summed E-state index contributed by atoms with van der Waals surface area (Å²) in [5, 5.41) is 17.8. The summed E-state index contributed by atoms with van der Waals surface area (Å²) in [6.45, 7) is 1.82. The van der Waals surface area contributed by atoms with Gasteiger partial charge < -0.3 is 14.9 Å². The molecule has 0 aliphatic heterocycles. The monoisotopic (exact) mass is 218 g/mol. The number of rotatable bonds is 8. The van der Waals surface area contributed by atoms with Crippen molar-refractivity contribution >= 4 is 5.97 Å². The molecule has 0 aliphatic carbocycles. The number of carbonyl (C=O) groups is 1. The molecular weight excluding hydrogens is 196 g/mol. The number of aliphatic hydroxyl groups excluding tert-OH is 2. The van der Waals surface area contributed by atoms with Gasteiger partial charge in [-0.1, -0.05) is 19.8 Å². The van der Waals surface area contributed by atoms with Crippen molar-refractivity contribution in [1.82, 2.24) is 0 Å². The minimum atomic E-state index is -0.723. The van der Waals surface area contributed by atoms with Crippen LogP contribution in [-0.2, 0) is 9.53 Å². The first-order valence-electron chi connectivity index (χ1n) is 5.52. The maximum absolute atomic E-state index is 11.4. The minimum Gasteiger partial charge on any atom is -0.469 e. The van der Waals surface area contributed by atoms with Crippen molar-refractivity contribution in [3.63, 3.8) is 0 Å². The van der Waals surface area contributed by atoms with Crippen LogP contribution < -0.4 is 0 Å². The molecule has 0 spiro atoms. The van der Waals surface area contributed by atoms with E-state index in [1.54, 1.807) is 0 Å². The van der Waals surface area contributed by atoms with Gasteiger partial charge in [-0.25, -0.2) is 0 Å². The summed E-state index contributed by atoms with van der Waals surface area (Å²) in [4.78, 5) is 11.4. The van der Waals surface area contributed by atoms with Gasteiger partial charge in [0.15, 0.2) is 0 Å². The van der Waals surface area contributed by atoms with Crippen LogP contribution in [0.3, 0.4) is 0 Å². The lowest BCUT2D eigenvalue weighted by Crippen LogP contribution is -2.20. The molecule has 90 valence electrons. The molecule has 0 saturated heterocycles. The van der Waals surface area contributed by atoms with Crippen LogP contribution in [0.4, 0.5) is 0 Å². The number of methoxy groups -OCH3 is 1. The van der Waals surface area contributed by atoms with Gasteiger partial charge in [0.1, 0.15) is 0 Å². The predicted molar refractivity (Wildman–Crippen MR) is 57.4 cm³/mol. The van der Waals surface area contributed by atoms with Gasteiger partial charge >= 0.3 is 5.97 Å². The molecule has 0 bridgehead atoms. The number of esters is 1. The molecule has 2 unspecified atom stereocenters. The highest BCUT2D eigenvalue weighted by Gasteiger charge is 2.19. The van der Waals surface area contributed by atoms with Crippen LogP contribution >= 0.6 is 0 Å². The van der Waals surface area contributed by atoms with Crippen molar-refractivity contribution in [1.29, 1.82) is 0 Å². The van der Waals surface area contributed by atoms with E-state index in [1.807, 2.05) is 0 Å². The third-order valence-electron chi connectivity index (χ3n) is 2.50. The zero-order valence-electron chi connectivity index (χ0n) is 9.61. The Labute approximate surface area is 91.3 Å². The normalized spacial score (nSPS) is 14.7. The van der Waals surface area contributed by atoms with Gasteiger partial charge in [-0.3, -0.25) is 4.79 Å². The number of unbranched alkanes of at least 4 members (excludes halogenated alkanes) is 1. The first-order chi connectivity index (χ1) is 7.15. The second-order valence-corrected chi connectivity index (χ2v) is 3.78. The summed E-state index contributed by atoms with van der Waals surface area (Å²) in [6.07, 6.45) is 3.11. The SMILES string of the molecule is CCCCC(CCC(O)CO)C(=O)OC. The van der Waals surface area contributed by atoms with Crippen LogP contribution in [0.15, 0.2) is 0 Å². The van der Waals surface area contributed by atoms with Crippen LogP contribution in [0.2, 0.25) is 0 Å². The van der Waals surface area contributed by atoms with Gasteiger partial charge in [-0.05, 0) is 19.3 Å². The van der Waals surface area contributed by atoms with Crippen LogP contribution in [0.1, 0.15) is 39.0 Å². The lowest BCUT2D eigenvalue weighted by molar-refractivity contribution is -0.146. The van der Waals surface area contributed by atoms with Gasteiger partial charge in [-0.15, -0.1) is 0 Å². The van der Waals surface area contributed by atoms with Crippen LogP contribution in [0.5, 0.6) is 0 Å². The highest BCUT2D eigenvalue weighted by Crippen LogP contribution is 2.17. The van der Waals surface area contributed by atoms with Crippen molar-refractivity contribution in [3.8, 4) is 0 Å². The largest absolute Gasteiger partial charge is 0.469 e. The van der Waals surface area contributed by atoms with Gasteiger partial charge in [0.05, 0.1) is 25.7 Å². The van der Waals surface area contributed by atoms with Gasteiger partial charge in [0.2, 0.25) is 0 Å². The van der Waals surface area contributed by atoms with E-state index in [-0.39, 0.29) is 18.5 Å². The third-order valence-corrected chi connectivity index (χ3v) is 2.50. The Morgan fingerprint density at radius 2 is 2.00 bits per heavy atom. The molecule has 0 aromatic carbocycles. The Morgan fingerprint density at radius 3 is 2.47 bits per heavy atom. The first kappa shape index (κ1) is 14.4. The quantitative estimate of drug-likeness (QED) is 0.599. The molecule has 4 nitrogen and oxygen atoms in total. The lowest BCUT2D eigenvalue weighted by atomic mass is 9.95. The van der Waals surface area contributed by atoms with E-state index < -0.39 is 6.10 Å². The lowest BCUT2D eigenvalue weighted by Gasteiger charge is -2.15. The fourth-order valence-electron chi connectivity index (χ4n) is 1.48. The average Bonchev–Trinajstić information content (AvgIpc) is 2.27. The summed E-state index contributed by atoms with van der Waals surface area (Å²) >= 11 is 0. The maximum Gasteiger partial charge on any atom is 0.308 e. The zero-order valence-corrected chi connectivity index (χ0v) is 9.61. The highest BCUT2D eigenvalue weighted by atomic mass is 16.5. The number of aliphatic hydroxyl groups is 2. The van der Waals surface area contributed by atoms with Crippen molar-refractivity contribution in [2.75, 3.05) is 13.7 Å². The molecule has 0 fully saturated rings. The van der Waals surface area contributed by atoms with E-state index >= 15 is 0 Å². The van der Waals surface area contributed by atoms with Crippen molar-refractivity contribution < 1.29 is 19.7 Å². The van der Waals surface area contributed by atoms with Gasteiger partial charge in [0.25, 0.3) is 0 Å². The molecule has 0 aliphatic rings. The Kier molecular flexibility index (Phi) is 8.33. The molecule has 2 atom stereocenters. The Morgan fingerprint density at radius 1 is 1.33 bits per heavy atom. The Balaban J connectivity index is 3.95. The molecule has 0 radical (unpaired) electrons. The Bertz CT molecular complexity index is 170. The molecule has 0 aromatic rings. The second-order valence-electron chi connectivity index (χ2n) is 3.78. The van der Waals surface area contributed by atoms with Gasteiger partial charge in [0, 0.05) is 0 Å². The fraction of sp³-hybridized carbons (Fsp3) is 0.909. The molecule has 2 N–H and O–H groups in total. The highest BCUT2D eigenvalue weighted by molar-refractivity contribution is 5.72. The topological polar surface area (TPSA) is 66.8 Å². The molecule has 0 amide bonds. The maximum atomic E-state index is 11.4. The molecule has 0 aromatic heterocycles. The van der Waals surface area contributed by atoms with Crippen molar-refractivity contribution in [2.45, 2.75) is 45.1 Å². The smallest absolute Gasteiger partial charge is 0.308 e. The van der Waals surface area contributed by atoms with Crippen LogP contribution in [0.25, 0.3) is 0 Å². The predicted octanol–water partition coefficient (Wildman–Crippen LogP) is 1.10. The van der Waals surface area contributed by atoms with Crippen LogP contribution in [0, 0.1) is 5.92 Å². The fourth-order valence-corrected chi connectivity index (χ4v) is 1.48. The number of carbonyl (C=O) groups excluding carboxylic acids is 1. The Hall–Kier alpha value is -0.610. The third kappa shape index (κ3) is 6.47. The van der Waals surface area contributed by atoms with E-state index in [9.17, 15) is 9.90 Å². The number of hydrogen-bond acceptors (Lipinski definition) is 4. The summed E-state index contributed by atoms with van der Waals surface area (Å²) in [6, 6.07) is 0. The van der Waals surface area contributed by atoms with Crippen molar-refractivity contribution in [3.05, 3.63) is 0 Å². The van der Waals surface area contributed by atoms with E-state index in [1.165, 1.54) is 7.11 Å². The van der Waals surface area contributed by atoms with Crippen molar-refractivity contribution in [2.24, 2.45) is 5.92 Å².